The monoisotopic (exact) mass is 429 g/mol. The summed E-state index contributed by atoms with van der Waals surface area (Å²) in [6, 6.07) is 12.0. The smallest absolute Gasteiger partial charge is 0.238 e. The van der Waals surface area contributed by atoms with Gasteiger partial charge in [-0.15, -0.1) is 0 Å². The standard InChI is InChI=1S/C23H28ClN3O3/c1-17-5-2-3-6-18(17)15-26-7-9-27(10-8-26)16-23(28)25-20-14-22-21(13-19(20)24)29-11-4-12-30-22/h2-3,5-6,13-14H,4,7-12,15-16H2,1H3,(H,25,28). The van der Waals surface area contributed by atoms with E-state index in [4.69, 9.17) is 21.1 Å². The van der Waals surface area contributed by atoms with E-state index in [0.29, 0.717) is 42.0 Å². The predicted octanol–water partition coefficient (Wildman–Crippen LogP) is 3.57. The van der Waals surface area contributed by atoms with Crippen molar-refractivity contribution in [1.29, 1.82) is 0 Å². The van der Waals surface area contributed by atoms with Crippen LogP contribution in [-0.4, -0.2) is 61.6 Å². The van der Waals surface area contributed by atoms with Crippen LogP contribution in [0.2, 0.25) is 5.02 Å². The zero-order valence-corrected chi connectivity index (χ0v) is 18.1. The number of amides is 1. The summed E-state index contributed by atoms with van der Waals surface area (Å²) in [5, 5.41) is 3.38. The number of anilines is 1. The molecule has 2 aliphatic rings. The van der Waals surface area contributed by atoms with Crippen LogP contribution in [0.1, 0.15) is 17.5 Å². The van der Waals surface area contributed by atoms with Gasteiger partial charge in [0.15, 0.2) is 11.5 Å². The number of hydrogen-bond acceptors (Lipinski definition) is 5. The Labute approximate surface area is 182 Å². The van der Waals surface area contributed by atoms with Gasteiger partial charge in [-0.2, -0.15) is 0 Å². The fourth-order valence-corrected chi connectivity index (χ4v) is 4.01. The van der Waals surface area contributed by atoms with Crippen LogP contribution >= 0.6 is 11.6 Å². The second-order valence-electron chi connectivity index (χ2n) is 7.86. The van der Waals surface area contributed by atoms with Crippen molar-refractivity contribution in [2.75, 3.05) is 51.3 Å². The quantitative estimate of drug-likeness (QED) is 0.787. The molecule has 1 fully saturated rings. The van der Waals surface area contributed by atoms with Gasteiger partial charge in [0.2, 0.25) is 5.91 Å². The molecule has 2 aromatic carbocycles. The molecule has 4 rings (SSSR count). The molecule has 1 amide bonds. The lowest BCUT2D eigenvalue weighted by molar-refractivity contribution is -0.117. The van der Waals surface area contributed by atoms with Crippen molar-refractivity contribution in [2.24, 2.45) is 0 Å². The number of aryl methyl sites for hydroxylation is 1. The number of halogens is 1. The van der Waals surface area contributed by atoms with Gasteiger partial charge in [0.1, 0.15) is 0 Å². The molecule has 2 aliphatic heterocycles. The SMILES string of the molecule is Cc1ccccc1CN1CCN(CC(=O)Nc2cc3c(cc2Cl)OCCCO3)CC1. The summed E-state index contributed by atoms with van der Waals surface area (Å²) in [4.78, 5) is 17.2. The van der Waals surface area contributed by atoms with E-state index in [1.54, 1.807) is 12.1 Å². The average Bonchev–Trinajstić information content (AvgIpc) is 2.96. The molecule has 6 nitrogen and oxygen atoms in total. The highest BCUT2D eigenvalue weighted by atomic mass is 35.5. The van der Waals surface area contributed by atoms with Crippen LogP contribution in [0.15, 0.2) is 36.4 Å². The van der Waals surface area contributed by atoms with Crippen LogP contribution in [0.4, 0.5) is 5.69 Å². The zero-order valence-electron chi connectivity index (χ0n) is 17.3. The maximum atomic E-state index is 12.6. The van der Waals surface area contributed by atoms with Gasteiger partial charge in [0, 0.05) is 51.3 Å². The molecule has 0 radical (unpaired) electrons. The van der Waals surface area contributed by atoms with Gasteiger partial charge >= 0.3 is 0 Å². The molecule has 1 N–H and O–H groups in total. The number of piperazine rings is 1. The van der Waals surface area contributed by atoms with Gasteiger partial charge in [-0.3, -0.25) is 14.6 Å². The summed E-state index contributed by atoms with van der Waals surface area (Å²) < 4.78 is 11.3. The second-order valence-corrected chi connectivity index (χ2v) is 8.26. The molecule has 2 heterocycles. The highest BCUT2D eigenvalue weighted by Crippen LogP contribution is 2.37. The molecule has 0 atom stereocenters. The summed E-state index contributed by atoms with van der Waals surface area (Å²) >= 11 is 6.34. The number of benzene rings is 2. The Balaban J connectivity index is 1.28. The number of nitrogens with zero attached hydrogens (tertiary/aromatic N) is 2. The summed E-state index contributed by atoms with van der Waals surface area (Å²) in [5.41, 5.74) is 3.25. The lowest BCUT2D eigenvalue weighted by atomic mass is 10.1. The third-order valence-electron chi connectivity index (χ3n) is 5.60. The second kappa shape index (κ2) is 9.69. The first-order chi connectivity index (χ1) is 14.6. The average molecular weight is 430 g/mol. The van der Waals surface area contributed by atoms with E-state index in [-0.39, 0.29) is 5.91 Å². The van der Waals surface area contributed by atoms with Crippen LogP contribution in [0.25, 0.3) is 0 Å². The lowest BCUT2D eigenvalue weighted by Crippen LogP contribution is -2.48. The highest BCUT2D eigenvalue weighted by molar-refractivity contribution is 6.34. The van der Waals surface area contributed by atoms with Crippen molar-refractivity contribution in [2.45, 2.75) is 19.9 Å². The minimum Gasteiger partial charge on any atom is -0.490 e. The summed E-state index contributed by atoms with van der Waals surface area (Å²) in [7, 11) is 0. The number of hydrogen-bond donors (Lipinski definition) is 1. The molecule has 2 aromatic rings. The topological polar surface area (TPSA) is 54.0 Å². The molecule has 0 aromatic heterocycles. The first kappa shape index (κ1) is 21.0. The van der Waals surface area contributed by atoms with Crippen molar-refractivity contribution in [1.82, 2.24) is 9.80 Å². The van der Waals surface area contributed by atoms with E-state index < -0.39 is 0 Å². The van der Waals surface area contributed by atoms with E-state index >= 15 is 0 Å². The fourth-order valence-electron chi connectivity index (χ4n) is 3.81. The Hall–Kier alpha value is -2.28. The zero-order chi connectivity index (χ0) is 20.9. The van der Waals surface area contributed by atoms with Gasteiger partial charge in [-0.05, 0) is 18.1 Å². The van der Waals surface area contributed by atoms with Crippen LogP contribution in [0.5, 0.6) is 11.5 Å². The van der Waals surface area contributed by atoms with Gasteiger partial charge in [0.05, 0.1) is 30.5 Å². The molecule has 160 valence electrons. The van der Waals surface area contributed by atoms with E-state index in [0.717, 1.165) is 39.1 Å². The number of nitrogens with one attached hydrogen (secondary N) is 1. The van der Waals surface area contributed by atoms with E-state index in [2.05, 4.69) is 46.3 Å². The minimum absolute atomic E-state index is 0.0706. The third kappa shape index (κ3) is 5.25. The van der Waals surface area contributed by atoms with Gasteiger partial charge in [-0.25, -0.2) is 0 Å². The Kier molecular flexibility index (Phi) is 6.77. The number of carbonyl (C=O) groups excluding carboxylic acids is 1. The number of fused-ring (bicyclic) bond motifs is 1. The molecule has 0 saturated carbocycles. The normalized spacial score (nSPS) is 17.4. The Morgan fingerprint density at radius 3 is 2.43 bits per heavy atom. The van der Waals surface area contributed by atoms with Crippen LogP contribution in [0.3, 0.4) is 0 Å². The largest absolute Gasteiger partial charge is 0.490 e. The highest BCUT2D eigenvalue weighted by Gasteiger charge is 2.21. The summed E-state index contributed by atoms with van der Waals surface area (Å²) in [5.74, 6) is 1.18. The molecule has 0 spiro atoms. The molecule has 0 bridgehead atoms. The number of ether oxygens (including phenoxy) is 2. The molecule has 1 saturated heterocycles. The predicted molar refractivity (Wildman–Crippen MR) is 119 cm³/mol. The van der Waals surface area contributed by atoms with Crippen molar-refractivity contribution < 1.29 is 14.3 Å². The van der Waals surface area contributed by atoms with Crippen LogP contribution < -0.4 is 14.8 Å². The first-order valence-electron chi connectivity index (χ1n) is 10.5. The molecule has 0 aliphatic carbocycles. The fraction of sp³-hybridized carbons (Fsp3) is 0.435. The van der Waals surface area contributed by atoms with E-state index in [9.17, 15) is 4.79 Å². The molecular weight excluding hydrogens is 402 g/mol. The summed E-state index contributed by atoms with van der Waals surface area (Å²) in [6.45, 7) is 8.30. The van der Waals surface area contributed by atoms with E-state index in [1.165, 1.54) is 11.1 Å². The van der Waals surface area contributed by atoms with Gasteiger partial charge in [0.25, 0.3) is 0 Å². The molecule has 7 heteroatoms. The number of rotatable bonds is 5. The maximum Gasteiger partial charge on any atom is 0.238 e. The van der Waals surface area contributed by atoms with Crippen LogP contribution in [-0.2, 0) is 11.3 Å². The Bertz CT molecular complexity index is 897. The van der Waals surface area contributed by atoms with Gasteiger partial charge < -0.3 is 14.8 Å². The third-order valence-corrected chi connectivity index (χ3v) is 5.91. The molecular formula is C23H28ClN3O3. The van der Waals surface area contributed by atoms with Crippen molar-refractivity contribution in [3.8, 4) is 11.5 Å². The van der Waals surface area contributed by atoms with Crippen molar-refractivity contribution >= 4 is 23.2 Å². The molecule has 30 heavy (non-hydrogen) atoms. The van der Waals surface area contributed by atoms with E-state index in [1.807, 2.05) is 0 Å². The number of carbonyl (C=O) groups is 1. The summed E-state index contributed by atoms with van der Waals surface area (Å²) in [6.07, 6.45) is 0.823. The van der Waals surface area contributed by atoms with Crippen molar-refractivity contribution in [3.05, 3.63) is 52.5 Å². The lowest BCUT2D eigenvalue weighted by Gasteiger charge is -2.34. The Morgan fingerprint density at radius 1 is 1.03 bits per heavy atom. The first-order valence-corrected chi connectivity index (χ1v) is 10.8. The minimum atomic E-state index is -0.0706. The van der Waals surface area contributed by atoms with Crippen LogP contribution in [0, 0.1) is 6.92 Å². The molecule has 0 unspecified atom stereocenters. The van der Waals surface area contributed by atoms with Gasteiger partial charge in [-0.1, -0.05) is 35.9 Å². The Morgan fingerprint density at radius 2 is 1.70 bits per heavy atom. The van der Waals surface area contributed by atoms with Crippen molar-refractivity contribution in [3.63, 3.8) is 0 Å². The maximum absolute atomic E-state index is 12.6.